The van der Waals surface area contributed by atoms with Crippen molar-refractivity contribution in [3.8, 4) is 11.4 Å². The van der Waals surface area contributed by atoms with E-state index in [2.05, 4.69) is 10.1 Å². The number of rotatable bonds is 4. The van der Waals surface area contributed by atoms with Gasteiger partial charge in [0.2, 0.25) is 17.6 Å². The van der Waals surface area contributed by atoms with E-state index in [1.807, 2.05) is 32.0 Å². The van der Waals surface area contributed by atoms with Gasteiger partial charge in [0.15, 0.2) is 0 Å². The van der Waals surface area contributed by atoms with E-state index in [4.69, 9.17) is 16.1 Å². The van der Waals surface area contributed by atoms with Crippen LogP contribution in [0.1, 0.15) is 41.5 Å². The van der Waals surface area contributed by atoms with Gasteiger partial charge < -0.3 is 9.42 Å². The van der Waals surface area contributed by atoms with Gasteiger partial charge in [0, 0.05) is 22.6 Å². The summed E-state index contributed by atoms with van der Waals surface area (Å²) in [5.41, 5.74) is 3.46. The molecule has 1 fully saturated rings. The third kappa shape index (κ3) is 3.40. The molecule has 4 rings (SSSR count). The molecule has 1 amide bonds. The standard InChI is InChI=1S/C21H19ClFN3O2/c1-12-6-7-14(10-13(12)2)20-24-21(28-25-20)18-8-9-19(27)26(18)11-15-16(22)4-3-5-17(15)23/h3-7,10,18H,8-9,11H2,1-2H3. The Morgan fingerprint density at radius 2 is 2.07 bits per heavy atom. The Balaban J connectivity index is 1.62. The minimum absolute atomic E-state index is 0.0658. The van der Waals surface area contributed by atoms with Crippen LogP contribution >= 0.6 is 11.6 Å². The molecule has 1 aliphatic rings. The zero-order valence-corrected chi connectivity index (χ0v) is 16.3. The Kier molecular flexibility index (Phi) is 4.89. The molecule has 28 heavy (non-hydrogen) atoms. The van der Waals surface area contributed by atoms with Crippen LogP contribution in [0.4, 0.5) is 4.39 Å². The number of hydrogen-bond acceptors (Lipinski definition) is 4. The zero-order chi connectivity index (χ0) is 19.8. The Morgan fingerprint density at radius 3 is 2.82 bits per heavy atom. The molecule has 1 aliphatic heterocycles. The van der Waals surface area contributed by atoms with Gasteiger partial charge in [-0.25, -0.2) is 4.39 Å². The highest BCUT2D eigenvalue weighted by atomic mass is 35.5. The van der Waals surface area contributed by atoms with Crippen LogP contribution in [0.3, 0.4) is 0 Å². The topological polar surface area (TPSA) is 59.2 Å². The normalized spacial score (nSPS) is 16.8. The highest BCUT2D eigenvalue weighted by molar-refractivity contribution is 6.31. The van der Waals surface area contributed by atoms with Crippen molar-refractivity contribution in [3.05, 3.63) is 69.8 Å². The molecule has 3 aromatic rings. The van der Waals surface area contributed by atoms with Gasteiger partial charge in [0.05, 0.1) is 6.54 Å². The first-order chi connectivity index (χ1) is 13.4. The van der Waals surface area contributed by atoms with E-state index in [0.29, 0.717) is 35.1 Å². The molecule has 0 saturated carbocycles. The number of aromatic nitrogens is 2. The van der Waals surface area contributed by atoms with Gasteiger partial charge in [0.1, 0.15) is 11.9 Å². The molecule has 2 heterocycles. The van der Waals surface area contributed by atoms with Crippen molar-refractivity contribution in [2.45, 2.75) is 39.3 Å². The summed E-state index contributed by atoms with van der Waals surface area (Å²) in [4.78, 5) is 18.5. The lowest BCUT2D eigenvalue weighted by atomic mass is 10.1. The van der Waals surface area contributed by atoms with E-state index in [1.54, 1.807) is 11.0 Å². The van der Waals surface area contributed by atoms with Crippen LogP contribution in [-0.2, 0) is 11.3 Å². The molecule has 2 aromatic carbocycles. The molecular formula is C21H19ClFN3O2. The van der Waals surface area contributed by atoms with E-state index >= 15 is 0 Å². The summed E-state index contributed by atoms with van der Waals surface area (Å²) in [6, 6.07) is 10.0. The fraction of sp³-hybridized carbons (Fsp3) is 0.286. The van der Waals surface area contributed by atoms with Crippen LogP contribution in [0.5, 0.6) is 0 Å². The van der Waals surface area contributed by atoms with Gasteiger partial charge in [-0.1, -0.05) is 35.0 Å². The quantitative estimate of drug-likeness (QED) is 0.618. The second-order valence-corrected chi connectivity index (χ2v) is 7.44. The van der Waals surface area contributed by atoms with Crippen LogP contribution in [-0.4, -0.2) is 20.9 Å². The molecular weight excluding hydrogens is 381 g/mol. The summed E-state index contributed by atoms with van der Waals surface area (Å²) >= 11 is 6.13. The fourth-order valence-electron chi connectivity index (χ4n) is 3.41. The van der Waals surface area contributed by atoms with Gasteiger partial charge in [0.25, 0.3) is 0 Å². The third-order valence-corrected chi connectivity index (χ3v) is 5.56. The Bertz CT molecular complexity index is 1030. The molecule has 1 saturated heterocycles. The van der Waals surface area contributed by atoms with Gasteiger partial charge >= 0.3 is 0 Å². The molecule has 7 heteroatoms. The van der Waals surface area contributed by atoms with Crippen molar-refractivity contribution in [1.29, 1.82) is 0 Å². The van der Waals surface area contributed by atoms with E-state index in [9.17, 15) is 9.18 Å². The van der Waals surface area contributed by atoms with Crippen LogP contribution in [0.25, 0.3) is 11.4 Å². The number of hydrogen-bond donors (Lipinski definition) is 0. The molecule has 0 radical (unpaired) electrons. The summed E-state index contributed by atoms with van der Waals surface area (Å²) in [5.74, 6) is 0.301. The predicted octanol–water partition coefficient (Wildman–Crippen LogP) is 5.01. The molecule has 1 unspecified atom stereocenters. The molecule has 5 nitrogen and oxygen atoms in total. The molecule has 0 spiro atoms. The van der Waals surface area contributed by atoms with Crippen molar-refractivity contribution in [1.82, 2.24) is 15.0 Å². The lowest BCUT2D eigenvalue weighted by Gasteiger charge is -2.22. The lowest BCUT2D eigenvalue weighted by molar-refractivity contribution is -0.130. The highest BCUT2D eigenvalue weighted by Gasteiger charge is 2.36. The maximum absolute atomic E-state index is 14.2. The van der Waals surface area contributed by atoms with Crippen molar-refractivity contribution < 1.29 is 13.7 Å². The number of nitrogens with zero attached hydrogens (tertiary/aromatic N) is 3. The van der Waals surface area contributed by atoms with Gasteiger partial charge in [-0.2, -0.15) is 4.98 Å². The van der Waals surface area contributed by atoms with Crippen LogP contribution in [0, 0.1) is 19.7 Å². The summed E-state index contributed by atoms with van der Waals surface area (Å²) in [6.45, 7) is 4.13. The fourth-order valence-corrected chi connectivity index (χ4v) is 3.63. The maximum Gasteiger partial charge on any atom is 0.249 e. The smallest absolute Gasteiger partial charge is 0.249 e. The van der Waals surface area contributed by atoms with E-state index in [0.717, 1.165) is 11.1 Å². The van der Waals surface area contributed by atoms with E-state index in [-0.39, 0.29) is 12.5 Å². The lowest BCUT2D eigenvalue weighted by Crippen LogP contribution is -2.28. The second-order valence-electron chi connectivity index (χ2n) is 7.03. The predicted molar refractivity (Wildman–Crippen MR) is 103 cm³/mol. The average Bonchev–Trinajstić information content (AvgIpc) is 3.28. The molecule has 0 bridgehead atoms. The molecule has 0 N–H and O–H groups in total. The van der Waals surface area contributed by atoms with Crippen LogP contribution in [0.2, 0.25) is 5.02 Å². The average molecular weight is 400 g/mol. The first kappa shape index (κ1) is 18.6. The number of amides is 1. The Hall–Kier alpha value is -2.73. The summed E-state index contributed by atoms with van der Waals surface area (Å²) < 4.78 is 19.7. The van der Waals surface area contributed by atoms with Crippen molar-refractivity contribution in [2.75, 3.05) is 0 Å². The molecule has 0 aliphatic carbocycles. The molecule has 1 aromatic heterocycles. The Morgan fingerprint density at radius 1 is 1.25 bits per heavy atom. The Labute approximate surface area is 167 Å². The first-order valence-electron chi connectivity index (χ1n) is 9.07. The van der Waals surface area contributed by atoms with Gasteiger partial charge in [-0.15, -0.1) is 0 Å². The maximum atomic E-state index is 14.2. The number of carbonyl (C=O) groups is 1. The number of benzene rings is 2. The van der Waals surface area contributed by atoms with Crippen LogP contribution in [0.15, 0.2) is 40.9 Å². The number of halogens is 2. The van der Waals surface area contributed by atoms with Crippen molar-refractivity contribution in [3.63, 3.8) is 0 Å². The zero-order valence-electron chi connectivity index (χ0n) is 15.6. The van der Waals surface area contributed by atoms with Crippen molar-refractivity contribution in [2.24, 2.45) is 0 Å². The number of carbonyl (C=O) groups excluding carboxylic acids is 1. The third-order valence-electron chi connectivity index (χ3n) is 5.21. The summed E-state index contributed by atoms with van der Waals surface area (Å²) in [7, 11) is 0. The minimum Gasteiger partial charge on any atom is -0.337 e. The monoisotopic (exact) mass is 399 g/mol. The SMILES string of the molecule is Cc1ccc(-c2noc(C3CCC(=O)N3Cc3c(F)cccc3Cl)n2)cc1C. The van der Waals surface area contributed by atoms with Crippen molar-refractivity contribution >= 4 is 17.5 Å². The molecule has 1 atom stereocenters. The summed E-state index contributed by atoms with van der Waals surface area (Å²) in [5, 5.41) is 4.37. The highest BCUT2D eigenvalue weighted by Crippen LogP contribution is 2.35. The van der Waals surface area contributed by atoms with Gasteiger partial charge in [-0.3, -0.25) is 4.79 Å². The minimum atomic E-state index is -0.438. The second kappa shape index (κ2) is 7.36. The van der Waals surface area contributed by atoms with E-state index in [1.165, 1.54) is 17.7 Å². The van der Waals surface area contributed by atoms with Crippen LogP contribution < -0.4 is 0 Å². The largest absolute Gasteiger partial charge is 0.337 e. The van der Waals surface area contributed by atoms with Gasteiger partial charge in [-0.05, 0) is 49.6 Å². The first-order valence-corrected chi connectivity index (χ1v) is 9.45. The summed E-state index contributed by atoms with van der Waals surface area (Å²) in [6.07, 6.45) is 0.886. The van der Waals surface area contributed by atoms with E-state index < -0.39 is 11.9 Å². The number of aryl methyl sites for hydroxylation is 2. The number of likely N-dealkylation sites (tertiary alicyclic amines) is 1. The molecule has 144 valence electrons.